The zero-order chi connectivity index (χ0) is 48.2. The summed E-state index contributed by atoms with van der Waals surface area (Å²) in [5, 5.41) is 12.3. The summed E-state index contributed by atoms with van der Waals surface area (Å²) in [5.74, 6) is -0.497. The van der Waals surface area contributed by atoms with Gasteiger partial charge in [0.15, 0.2) is 0 Å². The first-order valence-corrected chi connectivity index (χ1v) is 23.2. The number of hydrogen-bond donors (Lipinski definition) is 1. The van der Waals surface area contributed by atoms with Crippen LogP contribution in [0.2, 0.25) is 0 Å². The van der Waals surface area contributed by atoms with Crippen LogP contribution in [0.25, 0.3) is 83.9 Å². The molecule has 0 aliphatic carbocycles. The van der Waals surface area contributed by atoms with E-state index in [-0.39, 0.29) is 38.7 Å². The van der Waals surface area contributed by atoms with Crippen LogP contribution in [0.1, 0.15) is 115 Å². The van der Waals surface area contributed by atoms with Crippen LogP contribution in [0, 0.1) is 19.9 Å². The van der Waals surface area contributed by atoms with Crippen molar-refractivity contribution in [3.63, 3.8) is 0 Å². The van der Waals surface area contributed by atoms with E-state index in [0.717, 1.165) is 100 Å². The first-order chi connectivity index (χ1) is 32.3. The Morgan fingerprint density at radius 1 is 0.552 bits per heavy atom. The molecule has 0 radical (unpaired) electrons. The average Bonchev–Trinajstić information content (AvgIpc) is 3.70. The van der Waals surface area contributed by atoms with E-state index < -0.39 is 11.8 Å². The Kier molecular flexibility index (Phi) is 12.9. The third-order valence-corrected chi connectivity index (χ3v) is 12.9. The molecule has 9 rings (SSSR count). The molecule has 0 saturated heterocycles. The molecule has 340 valence electrons. The summed E-state index contributed by atoms with van der Waals surface area (Å²) in [6.45, 7) is 20.4. The van der Waals surface area contributed by atoms with E-state index >= 15 is 0 Å². The second-order valence-electron chi connectivity index (χ2n) is 18.9. The minimum atomic E-state index is -0.838. The van der Waals surface area contributed by atoms with Gasteiger partial charge in [0.1, 0.15) is 11.6 Å². The van der Waals surface area contributed by atoms with Crippen LogP contribution in [0.3, 0.4) is 0 Å². The van der Waals surface area contributed by atoms with Gasteiger partial charge in [0.25, 0.3) is 0 Å². The predicted molar refractivity (Wildman–Crippen MR) is 278 cm³/mol. The Hall–Kier alpha value is -6.35. The van der Waals surface area contributed by atoms with Crippen molar-refractivity contribution in [2.75, 3.05) is 0 Å². The zero-order valence-corrected chi connectivity index (χ0v) is 42.5. The summed E-state index contributed by atoms with van der Waals surface area (Å²) in [7, 11) is 0. The van der Waals surface area contributed by atoms with Gasteiger partial charge >= 0.3 is 0 Å². The molecule has 1 N–H and O–H groups in total. The predicted octanol–water partition coefficient (Wildman–Crippen LogP) is 17.0. The number of aromatic nitrogens is 3. The maximum absolute atomic E-state index is 12.3. The van der Waals surface area contributed by atoms with Crippen molar-refractivity contribution in [2.45, 2.75) is 92.9 Å². The molecular weight excluding hydrogens is 998 g/mol. The number of para-hydroxylation sites is 1. The van der Waals surface area contributed by atoms with Gasteiger partial charge in [-0.2, -0.15) is 0 Å². The topological polar surface area (TPSA) is 50.9 Å². The molecule has 5 heteroatoms. The molecule has 0 aliphatic heterocycles. The third-order valence-electron chi connectivity index (χ3n) is 12.9. The molecular formula is C62H60N3OPt-. The molecule has 0 aliphatic rings. The van der Waals surface area contributed by atoms with E-state index in [4.69, 9.17) is 12.7 Å². The van der Waals surface area contributed by atoms with Gasteiger partial charge in [-0.05, 0) is 123 Å². The van der Waals surface area contributed by atoms with Gasteiger partial charge in [-0.15, -0.1) is 23.8 Å². The molecule has 2 aromatic heterocycles. The van der Waals surface area contributed by atoms with Gasteiger partial charge in [0, 0.05) is 35.7 Å². The van der Waals surface area contributed by atoms with Crippen LogP contribution in [0.5, 0.6) is 5.75 Å². The smallest absolute Gasteiger partial charge is 0.148 e. The molecule has 0 spiro atoms. The average molecular weight is 1060 g/mol. The largest absolute Gasteiger partial charge is 0.507 e. The number of phenols is 1. The SMILES string of the molecule is [2H]C(C)(C)c1cc(-c2ccc(-n3c(-c4cc(C(C)C)cc(C(C)C)c4O)nc4c(-c5[c-]c(-c6cc(-c7ccc(C)cc7)ccn6)cc(-c6ccccc6)c5)cccc43)c(C)c2)cc(C([2H])(C)C)c1.[Pt]. The Balaban J connectivity index is 0.00000642. The fraction of sp³-hybridized carbons (Fsp3) is 0.226. The van der Waals surface area contributed by atoms with E-state index in [2.05, 4.69) is 186 Å². The van der Waals surface area contributed by atoms with Crippen molar-refractivity contribution in [3.8, 4) is 78.6 Å². The number of aryl methyl sites for hydroxylation is 2. The molecule has 0 atom stereocenters. The van der Waals surface area contributed by atoms with Gasteiger partial charge in [0.05, 0.1) is 22.3 Å². The van der Waals surface area contributed by atoms with E-state index in [9.17, 15) is 5.11 Å². The molecule has 2 heterocycles. The summed E-state index contributed by atoms with van der Waals surface area (Å²) < 4.78 is 20.1. The normalized spacial score (nSPS) is 12.4. The first-order valence-electron chi connectivity index (χ1n) is 24.2. The summed E-state index contributed by atoms with van der Waals surface area (Å²) in [4.78, 5) is 10.5. The summed E-state index contributed by atoms with van der Waals surface area (Å²) in [6, 6.07) is 54.6. The second-order valence-corrected chi connectivity index (χ2v) is 18.9. The minimum absolute atomic E-state index is 0. The number of benzene rings is 7. The van der Waals surface area contributed by atoms with Crippen molar-refractivity contribution < 1.29 is 28.9 Å². The first kappa shape index (κ1) is 44.5. The number of fused-ring (bicyclic) bond motifs is 1. The molecule has 0 amide bonds. The van der Waals surface area contributed by atoms with Crippen molar-refractivity contribution >= 4 is 11.0 Å². The second kappa shape index (κ2) is 19.5. The van der Waals surface area contributed by atoms with Crippen LogP contribution < -0.4 is 0 Å². The Bertz CT molecular complexity index is 3310. The van der Waals surface area contributed by atoms with Gasteiger partial charge in [0.2, 0.25) is 0 Å². The van der Waals surface area contributed by atoms with Gasteiger partial charge in [-0.25, -0.2) is 4.98 Å². The quantitative estimate of drug-likeness (QED) is 0.131. The number of phenolic OH excluding ortho intramolecular Hbond substituents is 1. The molecule has 7 aromatic carbocycles. The number of rotatable bonds is 11. The number of nitrogens with zero attached hydrogens (tertiary/aromatic N) is 3. The molecule has 0 bridgehead atoms. The summed E-state index contributed by atoms with van der Waals surface area (Å²) in [5.41, 5.74) is 19.1. The maximum atomic E-state index is 12.3. The van der Waals surface area contributed by atoms with E-state index in [1.54, 1.807) is 0 Å². The van der Waals surface area contributed by atoms with E-state index in [1.165, 1.54) is 5.56 Å². The Morgan fingerprint density at radius 3 is 1.85 bits per heavy atom. The number of aromatic hydroxyl groups is 1. The van der Waals surface area contributed by atoms with Crippen molar-refractivity contribution in [3.05, 3.63) is 191 Å². The van der Waals surface area contributed by atoms with Crippen LogP contribution in [0.4, 0.5) is 0 Å². The van der Waals surface area contributed by atoms with Crippen molar-refractivity contribution in [1.82, 2.24) is 14.5 Å². The fourth-order valence-electron chi connectivity index (χ4n) is 8.98. The van der Waals surface area contributed by atoms with Gasteiger partial charge in [-0.1, -0.05) is 181 Å². The van der Waals surface area contributed by atoms with Crippen molar-refractivity contribution in [2.24, 2.45) is 0 Å². The van der Waals surface area contributed by atoms with Gasteiger partial charge < -0.3 is 5.11 Å². The van der Waals surface area contributed by atoms with Crippen LogP contribution in [0.15, 0.2) is 152 Å². The Morgan fingerprint density at radius 2 is 1.19 bits per heavy atom. The fourth-order valence-corrected chi connectivity index (χ4v) is 8.98. The monoisotopic (exact) mass is 1060 g/mol. The molecule has 4 nitrogen and oxygen atoms in total. The molecule has 67 heavy (non-hydrogen) atoms. The van der Waals surface area contributed by atoms with E-state index in [0.29, 0.717) is 11.4 Å². The number of imidazole rings is 1. The molecule has 9 aromatic rings. The summed E-state index contributed by atoms with van der Waals surface area (Å²) >= 11 is 0. The van der Waals surface area contributed by atoms with Gasteiger partial charge in [-0.3, -0.25) is 9.55 Å². The molecule has 0 fully saturated rings. The molecule has 0 saturated carbocycles. The third kappa shape index (κ3) is 9.47. The molecule has 0 unspecified atom stereocenters. The zero-order valence-electron chi connectivity index (χ0n) is 42.2. The standard InChI is InChI=1S/C62H60N3O.Pt/c1-37(2)47-28-48(38(3)4)30-51(29-47)45-23-24-58(42(10)27-45)65-59-18-14-17-54(60(59)64-62(65)56-35-49(39(5)6)34-55(40(7)8)61(56)66)52-31-50(43-15-12-11-13-16-43)32-53(33-52)57-36-46(25-26-63-57)44-21-19-41(9)20-22-44;/h11-32,34-40,66H,1-10H3;/q-1;/i37D,38D;. The maximum Gasteiger partial charge on any atom is 0.148 e. The van der Waals surface area contributed by atoms with Crippen LogP contribution in [-0.4, -0.2) is 19.6 Å². The summed E-state index contributed by atoms with van der Waals surface area (Å²) in [6.07, 6.45) is 1.88. The van der Waals surface area contributed by atoms with Crippen LogP contribution >= 0.6 is 0 Å². The number of pyridine rings is 1. The van der Waals surface area contributed by atoms with Crippen LogP contribution in [-0.2, 0) is 21.1 Å². The van der Waals surface area contributed by atoms with Crippen molar-refractivity contribution in [1.29, 1.82) is 0 Å². The van der Waals surface area contributed by atoms with E-state index in [1.807, 2.05) is 46.0 Å². The Labute approximate surface area is 414 Å². The number of hydrogen-bond acceptors (Lipinski definition) is 3. The minimum Gasteiger partial charge on any atom is -0.507 e.